The van der Waals surface area contributed by atoms with E-state index in [1.807, 2.05) is 32.9 Å². The summed E-state index contributed by atoms with van der Waals surface area (Å²) < 4.78 is 32.0. The van der Waals surface area contributed by atoms with Crippen molar-refractivity contribution in [1.82, 2.24) is 5.32 Å². The van der Waals surface area contributed by atoms with Gasteiger partial charge in [-0.05, 0) is 49.6 Å². The van der Waals surface area contributed by atoms with Crippen LogP contribution in [0.2, 0.25) is 0 Å². The van der Waals surface area contributed by atoms with Gasteiger partial charge in [0.2, 0.25) is 0 Å². The molecule has 2 rings (SSSR count). The van der Waals surface area contributed by atoms with E-state index in [9.17, 15) is 13.6 Å². The molecule has 2 aromatic carbocycles. The van der Waals surface area contributed by atoms with E-state index >= 15 is 0 Å². The van der Waals surface area contributed by atoms with Crippen molar-refractivity contribution in [3.63, 3.8) is 0 Å². The molecule has 24 heavy (non-hydrogen) atoms. The number of hydrogen-bond donors (Lipinski definition) is 2. The molecule has 0 aliphatic heterocycles. The summed E-state index contributed by atoms with van der Waals surface area (Å²) in [4.78, 5) is 11.7. The van der Waals surface area contributed by atoms with Gasteiger partial charge >= 0.3 is 6.03 Å². The second-order valence-corrected chi connectivity index (χ2v) is 5.51. The van der Waals surface area contributed by atoms with Gasteiger partial charge in [0.15, 0.2) is 0 Å². The third kappa shape index (κ3) is 4.44. The van der Waals surface area contributed by atoms with Gasteiger partial charge in [-0.15, -0.1) is 0 Å². The van der Waals surface area contributed by atoms with Crippen LogP contribution in [-0.4, -0.2) is 19.2 Å². The molecule has 0 spiro atoms. The van der Waals surface area contributed by atoms with Gasteiger partial charge in [0.1, 0.15) is 24.0 Å². The fourth-order valence-electron chi connectivity index (χ4n) is 2.22. The Morgan fingerprint density at radius 1 is 1.08 bits per heavy atom. The Hall–Kier alpha value is -2.63. The first-order chi connectivity index (χ1) is 11.4. The maximum Gasteiger partial charge on any atom is 0.319 e. The Morgan fingerprint density at radius 3 is 2.50 bits per heavy atom. The van der Waals surface area contributed by atoms with Crippen LogP contribution in [0.5, 0.6) is 5.75 Å². The second-order valence-electron chi connectivity index (χ2n) is 5.51. The van der Waals surface area contributed by atoms with Crippen molar-refractivity contribution < 1.29 is 18.3 Å². The van der Waals surface area contributed by atoms with Crippen LogP contribution in [0.25, 0.3) is 0 Å². The minimum absolute atomic E-state index is 0.0832. The number of carbonyl (C=O) groups excluding carboxylic acids is 1. The van der Waals surface area contributed by atoms with E-state index in [2.05, 4.69) is 10.6 Å². The average Bonchev–Trinajstić information content (AvgIpc) is 2.53. The molecule has 0 heterocycles. The van der Waals surface area contributed by atoms with Gasteiger partial charge < -0.3 is 15.4 Å². The lowest BCUT2D eigenvalue weighted by Gasteiger charge is -2.14. The standard InChI is InChI=1S/C18H20F2N2O2/c1-11-4-5-12(2)17(13(11)3)24-9-8-21-18(23)22-16-7-6-14(19)10-15(16)20/h4-7,10H,8-9H2,1-3H3,(H2,21,22,23). The Labute approximate surface area is 139 Å². The normalized spacial score (nSPS) is 10.4. The number of amides is 2. The summed E-state index contributed by atoms with van der Waals surface area (Å²) in [6, 6.07) is 6.38. The maximum atomic E-state index is 13.4. The smallest absolute Gasteiger partial charge is 0.319 e. The topological polar surface area (TPSA) is 50.4 Å². The van der Waals surface area contributed by atoms with Gasteiger partial charge in [0.05, 0.1) is 12.2 Å². The highest BCUT2D eigenvalue weighted by molar-refractivity contribution is 5.89. The van der Waals surface area contributed by atoms with Crippen molar-refractivity contribution in [3.05, 3.63) is 58.7 Å². The summed E-state index contributed by atoms with van der Waals surface area (Å²) in [5.41, 5.74) is 3.14. The van der Waals surface area contributed by atoms with Crippen LogP contribution >= 0.6 is 0 Å². The van der Waals surface area contributed by atoms with Crippen LogP contribution in [-0.2, 0) is 0 Å². The Kier molecular flexibility index (Phi) is 5.73. The number of benzene rings is 2. The quantitative estimate of drug-likeness (QED) is 0.809. The molecule has 0 radical (unpaired) electrons. The van der Waals surface area contributed by atoms with E-state index in [-0.39, 0.29) is 18.8 Å². The summed E-state index contributed by atoms with van der Waals surface area (Å²) in [5, 5.41) is 4.88. The number of hydrogen-bond acceptors (Lipinski definition) is 2. The number of ether oxygens (including phenoxy) is 1. The molecular weight excluding hydrogens is 314 g/mol. The zero-order chi connectivity index (χ0) is 17.7. The molecule has 0 aliphatic carbocycles. The van der Waals surface area contributed by atoms with Crippen molar-refractivity contribution in [2.75, 3.05) is 18.5 Å². The molecule has 0 unspecified atom stereocenters. The molecule has 4 nitrogen and oxygen atoms in total. The Morgan fingerprint density at radius 2 is 1.79 bits per heavy atom. The zero-order valence-corrected chi connectivity index (χ0v) is 13.9. The lowest BCUT2D eigenvalue weighted by molar-refractivity contribution is 0.247. The van der Waals surface area contributed by atoms with Crippen molar-refractivity contribution in [1.29, 1.82) is 0 Å². The number of aryl methyl sites for hydroxylation is 2. The van der Waals surface area contributed by atoms with E-state index in [1.54, 1.807) is 0 Å². The summed E-state index contributed by atoms with van der Waals surface area (Å²) in [7, 11) is 0. The Bertz CT molecular complexity index is 748. The van der Waals surface area contributed by atoms with Gasteiger partial charge in [-0.3, -0.25) is 0 Å². The number of carbonyl (C=O) groups is 1. The fraction of sp³-hybridized carbons (Fsp3) is 0.278. The van der Waals surface area contributed by atoms with Gasteiger partial charge in [0.25, 0.3) is 0 Å². The number of rotatable bonds is 5. The molecule has 0 atom stereocenters. The molecule has 6 heteroatoms. The van der Waals surface area contributed by atoms with Gasteiger partial charge in [0, 0.05) is 6.07 Å². The van der Waals surface area contributed by atoms with Crippen molar-refractivity contribution in [2.45, 2.75) is 20.8 Å². The van der Waals surface area contributed by atoms with E-state index in [1.165, 1.54) is 6.07 Å². The van der Waals surface area contributed by atoms with Crippen LogP contribution in [0, 0.1) is 32.4 Å². The predicted molar refractivity (Wildman–Crippen MR) is 89.5 cm³/mol. The number of nitrogens with one attached hydrogen (secondary N) is 2. The monoisotopic (exact) mass is 334 g/mol. The minimum Gasteiger partial charge on any atom is -0.491 e. The van der Waals surface area contributed by atoms with Gasteiger partial charge in [-0.2, -0.15) is 0 Å². The number of urea groups is 1. The zero-order valence-electron chi connectivity index (χ0n) is 13.9. The lowest BCUT2D eigenvalue weighted by atomic mass is 10.1. The minimum atomic E-state index is -0.826. The van der Waals surface area contributed by atoms with Crippen LogP contribution < -0.4 is 15.4 Å². The van der Waals surface area contributed by atoms with Crippen molar-refractivity contribution in [2.24, 2.45) is 0 Å². The first-order valence-corrected chi connectivity index (χ1v) is 7.58. The van der Waals surface area contributed by atoms with Crippen LogP contribution in [0.15, 0.2) is 30.3 Å². The van der Waals surface area contributed by atoms with Crippen molar-refractivity contribution >= 4 is 11.7 Å². The van der Waals surface area contributed by atoms with Crippen LogP contribution in [0.1, 0.15) is 16.7 Å². The fourth-order valence-corrected chi connectivity index (χ4v) is 2.22. The molecule has 0 saturated carbocycles. The lowest BCUT2D eigenvalue weighted by Crippen LogP contribution is -2.32. The first kappa shape index (κ1) is 17.7. The van der Waals surface area contributed by atoms with Crippen LogP contribution in [0.3, 0.4) is 0 Å². The van der Waals surface area contributed by atoms with E-state index in [0.717, 1.165) is 28.5 Å². The van der Waals surface area contributed by atoms with Crippen molar-refractivity contribution in [3.8, 4) is 5.75 Å². The molecular formula is C18H20F2N2O2. The largest absolute Gasteiger partial charge is 0.491 e. The highest BCUT2D eigenvalue weighted by Crippen LogP contribution is 2.25. The van der Waals surface area contributed by atoms with Crippen LogP contribution in [0.4, 0.5) is 19.3 Å². The number of anilines is 1. The summed E-state index contributed by atoms with van der Waals surface area (Å²) >= 11 is 0. The predicted octanol–water partition coefficient (Wildman–Crippen LogP) is 4.09. The number of halogens is 2. The maximum absolute atomic E-state index is 13.4. The summed E-state index contributed by atoms with van der Waals surface area (Å²) in [6.45, 7) is 6.48. The molecule has 2 N–H and O–H groups in total. The summed E-state index contributed by atoms with van der Waals surface area (Å²) in [5.74, 6) is -0.718. The molecule has 0 aliphatic rings. The molecule has 0 aromatic heterocycles. The first-order valence-electron chi connectivity index (χ1n) is 7.58. The molecule has 0 saturated heterocycles. The second kappa shape index (κ2) is 7.77. The SMILES string of the molecule is Cc1ccc(C)c(OCCNC(=O)Nc2ccc(F)cc2F)c1C. The molecule has 2 amide bonds. The molecule has 0 bridgehead atoms. The summed E-state index contributed by atoms with van der Waals surface area (Å²) in [6.07, 6.45) is 0. The highest BCUT2D eigenvalue weighted by Gasteiger charge is 2.09. The molecule has 0 fully saturated rings. The molecule has 2 aromatic rings. The average molecular weight is 334 g/mol. The molecule has 128 valence electrons. The van der Waals surface area contributed by atoms with E-state index in [0.29, 0.717) is 6.07 Å². The van der Waals surface area contributed by atoms with E-state index < -0.39 is 17.7 Å². The Balaban J connectivity index is 1.82. The van der Waals surface area contributed by atoms with Gasteiger partial charge in [-0.25, -0.2) is 13.6 Å². The van der Waals surface area contributed by atoms with Gasteiger partial charge in [-0.1, -0.05) is 12.1 Å². The third-order valence-electron chi connectivity index (χ3n) is 3.69. The highest BCUT2D eigenvalue weighted by atomic mass is 19.1. The van der Waals surface area contributed by atoms with E-state index in [4.69, 9.17) is 4.74 Å². The third-order valence-corrected chi connectivity index (χ3v) is 3.69.